The molecule has 0 radical (unpaired) electrons. The minimum absolute atomic E-state index is 0.321. The lowest BCUT2D eigenvalue weighted by atomic mass is 10.1. The van der Waals surface area contributed by atoms with Gasteiger partial charge in [-0.1, -0.05) is 48.9 Å². The van der Waals surface area contributed by atoms with Crippen molar-refractivity contribution in [1.82, 2.24) is 9.55 Å². The monoisotopic (exact) mass is 568 g/mol. The maximum atomic E-state index is 13.2. The van der Waals surface area contributed by atoms with E-state index in [2.05, 4.69) is 51.2 Å². The van der Waals surface area contributed by atoms with Gasteiger partial charge in [0.1, 0.15) is 12.4 Å². The Labute approximate surface area is 213 Å². The van der Waals surface area contributed by atoms with Crippen LogP contribution in [0.3, 0.4) is 0 Å². The van der Waals surface area contributed by atoms with Crippen LogP contribution in [0.5, 0.6) is 0 Å². The number of nitrogens with one attached hydrogen (secondary N) is 2. The molecule has 0 aliphatic heterocycles. The fourth-order valence-electron chi connectivity index (χ4n) is 3.38. The van der Waals surface area contributed by atoms with Crippen LogP contribution >= 0.6 is 39.1 Å². The average Bonchev–Trinajstić information content (AvgIpc) is 3.49. The molecular weight excluding hydrogens is 543 g/mol. The van der Waals surface area contributed by atoms with Gasteiger partial charge in [-0.15, -0.1) is 0 Å². The predicted octanol–water partition coefficient (Wildman–Crippen LogP) is 7.24. The highest BCUT2D eigenvalue weighted by Crippen LogP contribution is 2.36. The van der Waals surface area contributed by atoms with E-state index in [0.717, 1.165) is 40.2 Å². The molecule has 2 aromatic heterocycles. The van der Waals surface area contributed by atoms with Crippen LogP contribution in [-0.4, -0.2) is 36.2 Å². The van der Waals surface area contributed by atoms with Crippen molar-refractivity contribution in [1.29, 1.82) is 0 Å². The summed E-state index contributed by atoms with van der Waals surface area (Å²) < 4.78 is 8.78. The van der Waals surface area contributed by atoms with Crippen molar-refractivity contribution in [3.8, 4) is 0 Å². The number of carbonyl (C=O) groups is 1. The second kappa shape index (κ2) is 9.96. The van der Waals surface area contributed by atoms with Crippen molar-refractivity contribution < 1.29 is 9.53 Å². The Balaban J connectivity index is 1.64. The van der Waals surface area contributed by atoms with Gasteiger partial charge in [-0.2, -0.15) is 0 Å². The van der Waals surface area contributed by atoms with Crippen LogP contribution in [0.15, 0.2) is 35.1 Å². The zero-order valence-electron chi connectivity index (χ0n) is 18.8. The van der Waals surface area contributed by atoms with Crippen molar-refractivity contribution in [3.63, 3.8) is 0 Å². The number of amides is 1. The number of aromatic nitrogens is 2. The summed E-state index contributed by atoms with van der Waals surface area (Å²) in [6.45, 7) is 8.10. The van der Waals surface area contributed by atoms with E-state index in [0.29, 0.717) is 40.7 Å². The van der Waals surface area contributed by atoms with Gasteiger partial charge in [-0.05, 0) is 53.0 Å². The van der Waals surface area contributed by atoms with Crippen LogP contribution in [-0.2, 0) is 11.5 Å². The van der Waals surface area contributed by atoms with Gasteiger partial charge in [0, 0.05) is 32.3 Å². The molecule has 1 aromatic carbocycles. The first-order valence-corrected chi connectivity index (χ1v) is 16.2. The Hall–Kier alpha value is -1.58. The molecule has 1 aliphatic carbocycles. The molecule has 176 valence electrons. The molecule has 4 rings (SSSR count). The molecule has 33 heavy (non-hydrogen) atoms. The van der Waals surface area contributed by atoms with Gasteiger partial charge in [0.05, 0.1) is 31.6 Å². The second-order valence-corrected chi connectivity index (χ2v) is 16.7. The normalized spacial score (nSPS) is 14.0. The van der Waals surface area contributed by atoms with Crippen molar-refractivity contribution in [3.05, 3.63) is 50.7 Å². The average molecular weight is 570 g/mol. The third kappa shape index (κ3) is 5.92. The lowest BCUT2D eigenvalue weighted by molar-refractivity contribution is 0.0885. The molecule has 1 aliphatic rings. The van der Waals surface area contributed by atoms with Crippen LogP contribution in [0.4, 0.5) is 11.4 Å². The molecule has 0 bridgehead atoms. The largest absolute Gasteiger partial charge is 0.381 e. The predicted molar refractivity (Wildman–Crippen MR) is 143 cm³/mol. The summed E-state index contributed by atoms with van der Waals surface area (Å²) in [5, 5.41) is 7.99. The molecular formula is C23H27BrCl2N4O2Si. The first kappa shape index (κ1) is 24.5. The minimum atomic E-state index is -1.16. The summed E-state index contributed by atoms with van der Waals surface area (Å²) >= 11 is 16.1. The van der Waals surface area contributed by atoms with Gasteiger partial charge >= 0.3 is 0 Å². The highest BCUT2D eigenvalue weighted by Gasteiger charge is 2.27. The third-order valence-electron chi connectivity index (χ3n) is 5.46. The van der Waals surface area contributed by atoms with Gasteiger partial charge in [-0.25, -0.2) is 4.98 Å². The molecule has 0 saturated heterocycles. The zero-order valence-corrected chi connectivity index (χ0v) is 22.9. The smallest absolute Gasteiger partial charge is 0.259 e. The summed E-state index contributed by atoms with van der Waals surface area (Å²) in [6, 6.07) is 8.54. The SMILES string of the molecule is C[Si](C)(C)CCOCn1c(Br)cc2c(NC3CC3)c(C(=O)Nc3c(Cl)cccc3Cl)cnc21. The molecule has 2 N–H and O–H groups in total. The number of carbonyl (C=O) groups excluding carboxylic acids is 1. The Kier molecular flexibility index (Phi) is 7.40. The lowest BCUT2D eigenvalue weighted by Gasteiger charge is -2.16. The Morgan fingerprint density at radius 2 is 1.94 bits per heavy atom. The van der Waals surface area contributed by atoms with Gasteiger partial charge in [0.25, 0.3) is 5.91 Å². The molecule has 0 spiro atoms. The van der Waals surface area contributed by atoms with Crippen molar-refractivity contribution in [2.45, 2.75) is 51.3 Å². The van der Waals surface area contributed by atoms with E-state index in [-0.39, 0.29) is 5.91 Å². The maximum Gasteiger partial charge on any atom is 0.259 e. The molecule has 6 nitrogen and oxygen atoms in total. The number of halogens is 3. The first-order valence-electron chi connectivity index (χ1n) is 10.9. The summed E-state index contributed by atoms with van der Waals surface area (Å²) in [7, 11) is -1.16. The van der Waals surface area contributed by atoms with E-state index in [1.807, 2.05) is 10.6 Å². The first-order chi connectivity index (χ1) is 15.6. The summed E-state index contributed by atoms with van der Waals surface area (Å²) in [5.41, 5.74) is 2.34. The van der Waals surface area contributed by atoms with Gasteiger partial charge in [0.15, 0.2) is 0 Å². The second-order valence-electron chi connectivity index (χ2n) is 9.50. The zero-order chi connectivity index (χ0) is 23.8. The van der Waals surface area contributed by atoms with E-state index in [1.165, 1.54) is 0 Å². The van der Waals surface area contributed by atoms with E-state index in [4.69, 9.17) is 27.9 Å². The number of benzene rings is 1. The summed E-state index contributed by atoms with van der Waals surface area (Å²) in [4.78, 5) is 17.9. The van der Waals surface area contributed by atoms with Crippen molar-refractivity contribution in [2.75, 3.05) is 17.2 Å². The summed E-state index contributed by atoms with van der Waals surface area (Å²) in [5.74, 6) is -0.321. The van der Waals surface area contributed by atoms with E-state index >= 15 is 0 Å². The Bertz CT molecular complexity index is 1170. The van der Waals surface area contributed by atoms with E-state index in [1.54, 1.807) is 24.4 Å². The van der Waals surface area contributed by atoms with Crippen LogP contribution in [0.2, 0.25) is 35.7 Å². The molecule has 1 fully saturated rings. The molecule has 1 amide bonds. The van der Waals surface area contributed by atoms with Crippen molar-refractivity contribution >= 4 is 75.5 Å². The molecule has 3 aromatic rings. The highest BCUT2D eigenvalue weighted by atomic mass is 79.9. The Morgan fingerprint density at radius 3 is 2.58 bits per heavy atom. The van der Waals surface area contributed by atoms with Gasteiger partial charge in [-0.3, -0.25) is 9.36 Å². The minimum Gasteiger partial charge on any atom is -0.381 e. The quantitative estimate of drug-likeness (QED) is 0.210. The fourth-order valence-corrected chi connectivity index (χ4v) is 5.13. The summed E-state index contributed by atoms with van der Waals surface area (Å²) in [6.07, 6.45) is 3.74. The van der Waals surface area contributed by atoms with Gasteiger partial charge < -0.3 is 15.4 Å². The molecule has 10 heteroatoms. The molecule has 1 saturated carbocycles. The molecule has 0 atom stereocenters. The van der Waals surface area contributed by atoms with E-state index < -0.39 is 8.07 Å². The number of hydrogen-bond donors (Lipinski definition) is 2. The van der Waals surface area contributed by atoms with Crippen LogP contribution in [0.1, 0.15) is 23.2 Å². The van der Waals surface area contributed by atoms with Gasteiger partial charge in [0.2, 0.25) is 0 Å². The van der Waals surface area contributed by atoms with E-state index in [9.17, 15) is 4.79 Å². The topological polar surface area (TPSA) is 68.2 Å². The number of anilines is 2. The highest BCUT2D eigenvalue weighted by molar-refractivity contribution is 9.10. The number of rotatable bonds is 9. The molecule has 2 heterocycles. The maximum absolute atomic E-state index is 13.2. The van der Waals surface area contributed by atoms with Crippen LogP contribution in [0.25, 0.3) is 11.0 Å². The standard InChI is InChI=1S/C23H27BrCl2N4O2Si/c1-33(2,3)10-9-32-13-30-19(24)11-15-20(28-14-7-8-14)16(12-27-22(15)30)23(31)29-21-17(25)5-4-6-18(21)26/h4-6,11-12,14H,7-10,13H2,1-3H3,(H,27,28)(H,29,31). The molecule has 0 unspecified atom stereocenters. The Morgan fingerprint density at radius 1 is 1.24 bits per heavy atom. The van der Waals surface area contributed by atoms with Crippen LogP contribution in [0, 0.1) is 0 Å². The third-order valence-corrected chi connectivity index (χ3v) is 8.45. The lowest BCUT2D eigenvalue weighted by Crippen LogP contribution is -2.22. The number of hydrogen-bond acceptors (Lipinski definition) is 4. The number of fused-ring (bicyclic) bond motifs is 1. The number of para-hydroxylation sites is 1. The number of ether oxygens (including phenoxy) is 1. The fraction of sp³-hybridized carbons (Fsp3) is 0.391. The van der Waals surface area contributed by atoms with Crippen LogP contribution < -0.4 is 10.6 Å². The van der Waals surface area contributed by atoms with Crippen molar-refractivity contribution in [2.24, 2.45) is 0 Å². The number of nitrogens with zero attached hydrogens (tertiary/aromatic N) is 2. The number of pyridine rings is 1.